The lowest BCUT2D eigenvalue weighted by molar-refractivity contribution is -0.145. The predicted molar refractivity (Wildman–Crippen MR) is 150 cm³/mol. The molecule has 0 spiro atoms. The van der Waals surface area contributed by atoms with Crippen molar-refractivity contribution < 1.29 is 37.0 Å². The fraction of sp³-hybridized carbons (Fsp3) is 0.710. The van der Waals surface area contributed by atoms with E-state index in [0.29, 0.717) is 50.1 Å². The van der Waals surface area contributed by atoms with Gasteiger partial charge in [-0.15, -0.1) is 0 Å². The van der Waals surface area contributed by atoms with Crippen LogP contribution in [-0.2, 0) is 20.5 Å². The van der Waals surface area contributed by atoms with E-state index >= 15 is 4.39 Å². The molecule has 1 amide bonds. The van der Waals surface area contributed by atoms with Gasteiger partial charge in [-0.25, -0.2) is 4.39 Å². The quantitative estimate of drug-likeness (QED) is 0.443. The summed E-state index contributed by atoms with van der Waals surface area (Å²) in [5, 5.41) is 18.6. The Labute approximate surface area is 249 Å². The lowest BCUT2D eigenvalue weighted by atomic mass is 9.86. The number of carbonyl (C=O) groups is 2. The molecule has 1 aromatic rings. The molecule has 43 heavy (non-hydrogen) atoms. The monoisotopic (exact) mass is 608 g/mol. The van der Waals surface area contributed by atoms with Crippen molar-refractivity contribution in [1.82, 2.24) is 9.80 Å². The molecule has 0 unspecified atom stereocenters. The van der Waals surface area contributed by atoms with Crippen LogP contribution in [0.15, 0.2) is 18.2 Å². The lowest BCUT2D eigenvalue weighted by Crippen LogP contribution is -2.51. The van der Waals surface area contributed by atoms with Gasteiger partial charge in [0, 0.05) is 69.8 Å². The van der Waals surface area contributed by atoms with E-state index in [1.54, 1.807) is 0 Å². The van der Waals surface area contributed by atoms with Gasteiger partial charge in [-0.2, -0.15) is 18.4 Å². The zero-order valence-corrected chi connectivity index (χ0v) is 24.5. The van der Waals surface area contributed by atoms with E-state index in [1.165, 1.54) is 18.1 Å². The summed E-state index contributed by atoms with van der Waals surface area (Å²) in [7, 11) is 1.51. The number of likely N-dealkylation sites (tertiary alicyclic amines) is 2. The molecule has 5 rings (SSSR count). The first-order chi connectivity index (χ1) is 20.4. The Morgan fingerprint density at radius 3 is 2.42 bits per heavy atom. The van der Waals surface area contributed by atoms with Crippen LogP contribution >= 0.6 is 0 Å². The van der Waals surface area contributed by atoms with Crippen molar-refractivity contribution in [2.75, 3.05) is 51.3 Å². The number of carbonyl (C=O) groups excluding carboxylic acids is 1. The summed E-state index contributed by atoms with van der Waals surface area (Å²) in [5.74, 6) is -2.34. The Hall–Kier alpha value is -2.91. The van der Waals surface area contributed by atoms with Gasteiger partial charge in [0.1, 0.15) is 0 Å². The molecule has 3 atom stereocenters. The summed E-state index contributed by atoms with van der Waals surface area (Å²) in [6, 6.07) is 5.67. The summed E-state index contributed by atoms with van der Waals surface area (Å²) in [6.07, 6.45) is -0.239. The molecule has 0 aromatic heterocycles. The number of anilines is 1. The van der Waals surface area contributed by atoms with Crippen LogP contribution in [0, 0.1) is 23.2 Å². The van der Waals surface area contributed by atoms with Crippen molar-refractivity contribution in [2.24, 2.45) is 11.8 Å². The van der Waals surface area contributed by atoms with Gasteiger partial charge in [-0.05, 0) is 62.6 Å². The number of halogens is 4. The minimum atomic E-state index is -4.55. The average Bonchev–Trinajstić information content (AvgIpc) is 3.61. The average molecular weight is 609 g/mol. The zero-order valence-electron chi connectivity index (χ0n) is 24.5. The maximum absolute atomic E-state index is 16.4. The number of amides is 1. The summed E-state index contributed by atoms with van der Waals surface area (Å²) < 4.78 is 63.0. The molecule has 12 heteroatoms. The van der Waals surface area contributed by atoms with Gasteiger partial charge in [-0.3, -0.25) is 14.5 Å². The fourth-order valence-corrected chi connectivity index (χ4v) is 7.56. The van der Waals surface area contributed by atoms with Crippen LogP contribution in [0.5, 0.6) is 0 Å². The van der Waals surface area contributed by atoms with Crippen LogP contribution in [0.4, 0.5) is 23.2 Å². The number of hydrogen-bond acceptors (Lipinski definition) is 6. The first-order valence-electron chi connectivity index (χ1n) is 15.2. The number of nitriles is 1. The van der Waals surface area contributed by atoms with Crippen LogP contribution in [0.2, 0.25) is 0 Å². The first-order valence-corrected chi connectivity index (χ1v) is 15.2. The summed E-state index contributed by atoms with van der Waals surface area (Å²) in [6.45, 7) is 1.42. The molecular weight excluding hydrogens is 568 g/mol. The number of carboxylic acid groups (broad SMARTS) is 1. The number of ether oxygens (including phenoxy) is 1. The smallest absolute Gasteiger partial charge is 0.416 e. The predicted octanol–water partition coefficient (Wildman–Crippen LogP) is 4.83. The number of nitrogens with zero attached hydrogens (tertiary/aromatic N) is 4. The second-order valence-corrected chi connectivity index (χ2v) is 12.7. The molecule has 1 N–H and O–H groups in total. The number of piperidine rings is 1. The molecule has 1 saturated carbocycles. The van der Waals surface area contributed by atoms with Gasteiger partial charge in [0.25, 0.3) is 5.91 Å². The molecule has 1 aliphatic carbocycles. The van der Waals surface area contributed by atoms with E-state index in [4.69, 9.17) is 4.74 Å². The third-order valence-corrected chi connectivity index (χ3v) is 10.0. The number of carboxylic acids is 1. The van der Waals surface area contributed by atoms with Crippen molar-refractivity contribution in [1.29, 1.82) is 5.26 Å². The van der Waals surface area contributed by atoms with E-state index in [2.05, 4.69) is 6.07 Å². The standard InChI is InChI=1S/C31H40F4N4O4/c1-43-18-25-14-22(17-39(25)29(42)30(32)10-13-38(19-30)24-5-2-20(16-36)3-6-24)26-7-4-23(31(33,34)35)15-27(26)37-11-8-21(9-12-37)28(40)41/h4,7,15,20-22,24-25H,2-3,5-6,8-14,17-19H2,1H3,(H,40,41)/t20?,22-,24?,25+,30-/m1/s1. The fourth-order valence-electron chi connectivity index (χ4n) is 7.56. The van der Waals surface area contributed by atoms with Crippen LogP contribution in [0.25, 0.3) is 0 Å². The van der Waals surface area contributed by atoms with E-state index in [-0.39, 0.29) is 44.0 Å². The number of alkyl halides is 4. The largest absolute Gasteiger partial charge is 0.481 e. The van der Waals surface area contributed by atoms with Crippen molar-refractivity contribution >= 4 is 17.6 Å². The Kier molecular flexibility index (Phi) is 9.23. The van der Waals surface area contributed by atoms with E-state index < -0.39 is 41.2 Å². The third-order valence-electron chi connectivity index (χ3n) is 10.0. The second-order valence-electron chi connectivity index (χ2n) is 12.7. The van der Waals surface area contributed by atoms with Crippen molar-refractivity contribution in [2.45, 2.75) is 81.2 Å². The highest BCUT2D eigenvalue weighted by molar-refractivity contribution is 5.86. The third kappa shape index (κ3) is 6.63. The Morgan fingerprint density at radius 1 is 1.12 bits per heavy atom. The topological polar surface area (TPSA) is 97.1 Å². The van der Waals surface area contributed by atoms with E-state index in [1.807, 2.05) is 9.80 Å². The van der Waals surface area contributed by atoms with Gasteiger partial charge < -0.3 is 19.6 Å². The summed E-state index contributed by atoms with van der Waals surface area (Å²) >= 11 is 0. The Balaban J connectivity index is 1.35. The number of rotatable bonds is 7. The Bertz CT molecular complexity index is 1220. The maximum Gasteiger partial charge on any atom is 0.416 e. The Morgan fingerprint density at radius 2 is 1.81 bits per heavy atom. The highest BCUT2D eigenvalue weighted by Crippen LogP contribution is 2.43. The molecule has 3 heterocycles. The molecule has 3 aliphatic heterocycles. The molecular formula is C31H40F4N4O4. The molecule has 0 radical (unpaired) electrons. The minimum Gasteiger partial charge on any atom is -0.481 e. The van der Waals surface area contributed by atoms with Crippen LogP contribution in [0.1, 0.15) is 68.4 Å². The molecule has 236 valence electrons. The van der Waals surface area contributed by atoms with Gasteiger partial charge >= 0.3 is 12.1 Å². The number of hydrogen-bond donors (Lipinski definition) is 1. The maximum atomic E-state index is 16.4. The molecule has 8 nitrogen and oxygen atoms in total. The number of benzene rings is 1. The molecule has 3 saturated heterocycles. The van der Waals surface area contributed by atoms with Crippen molar-refractivity contribution in [3.63, 3.8) is 0 Å². The first kappa shape index (κ1) is 31.5. The zero-order chi connectivity index (χ0) is 30.9. The minimum absolute atomic E-state index is 0.00135. The van der Waals surface area contributed by atoms with E-state index in [9.17, 15) is 33.1 Å². The highest BCUT2D eigenvalue weighted by Gasteiger charge is 2.52. The summed E-state index contributed by atoms with van der Waals surface area (Å²) in [5.41, 5.74) is -1.81. The van der Waals surface area contributed by atoms with E-state index in [0.717, 1.165) is 37.8 Å². The normalized spacial score (nSPS) is 30.9. The highest BCUT2D eigenvalue weighted by atomic mass is 19.4. The molecule has 4 aliphatic rings. The molecule has 0 bridgehead atoms. The van der Waals surface area contributed by atoms with Crippen LogP contribution in [-0.4, -0.2) is 91.0 Å². The summed E-state index contributed by atoms with van der Waals surface area (Å²) in [4.78, 5) is 30.7. The second kappa shape index (κ2) is 12.6. The number of aliphatic carboxylic acids is 1. The SMILES string of the molecule is COC[C@@H]1C[C@@H](c2ccc(C(F)(F)F)cc2N2CCC(C(=O)O)CC2)CN1C(=O)[C@@]1(F)CCN(C2CCC(C#N)CC2)C1. The van der Waals surface area contributed by atoms with Crippen molar-refractivity contribution in [3.05, 3.63) is 29.3 Å². The number of methoxy groups -OCH3 is 1. The van der Waals surface area contributed by atoms with Crippen LogP contribution < -0.4 is 4.90 Å². The lowest BCUT2D eigenvalue weighted by Gasteiger charge is -2.35. The van der Waals surface area contributed by atoms with Gasteiger partial charge in [0.15, 0.2) is 0 Å². The van der Waals surface area contributed by atoms with Gasteiger partial charge in [0.05, 0.1) is 30.2 Å². The van der Waals surface area contributed by atoms with Gasteiger partial charge in [0.2, 0.25) is 5.67 Å². The molecule has 1 aromatic carbocycles. The molecule has 4 fully saturated rings. The van der Waals surface area contributed by atoms with Gasteiger partial charge in [-0.1, -0.05) is 6.07 Å². The van der Waals surface area contributed by atoms with Crippen molar-refractivity contribution in [3.8, 4) is 6.07 Å². The van der Waals surface area contributed by atoms with Crippen LogP contribution in [0.3, 0.4) is 0 Å².